The second-order valence-electron chi connectivity index (χ2n) is 7.21. The van der Waals surface area contributed by atoms with Gasteiger partial charge in [0.1, 0.15) is 6.04 Å². The molecule has 2 N–H and O–H groups in total. The summed E-state index contributed by atoms with van der Waals surface area (Å²) in [4.78, 5) is 42.4. The topological polar surface area (TPSA) is 96.3 Å². The number of para-hydroxylation sites is 2. The lowest BCUT2D eigenvalue weighted by Gasteiger charge is -2.13. The van der Waals surface area contributed by atoms with E-state index in [0.29, 0.717) is 26.1 Å². The molecule has 1 atom stereocenters. The Hall–Kier alpha value is -3.68. The highest BCUT2D eigenvalue weighted by Gasteiger charge is 2.38. The molecule has 1 saturated heterocycles. The van der Waals surface area contributed by atoms with Crippen LogP contribution in [0.1, 0.15) is 12.0 Å². The van der Waals surface area contributed by atoms with E-state index in [-0.39, 0.29) is 18.2 Å². The van der Waals surface area contributed by atoms with Crippen LogP contribution in [-0.4, -0.2) is 51.4 Å². The van der Waals surface area contributed by atoms with Crippen molar-refractivity contribution in [2.75, 3.05) is 13.1 Å². The summed E-state index contributed by atoms with van der Waals surface area (Å²) in [5, 5.41) is 5.42. The zero-order valence-corrected chi connectivity index (χ0v) is 16.5. The highest BCUT2D eigenvalue weighted by atomic mass is 16.2. The SMILES string of the molecule is O=C(C[C@@H]1NC(=O)N(CCc2ccccc2)C1=O)NCCn1cnc2ccccc21. The molecule has 0 aliphatic carbocycles. The Morgan fingerprint density at radius 1 is 1.03 bits per heavy atom. The monoisotopic (exact) mass is 405 g/mol. The number of amides is 4. The van der Waals surface area contributed by atoms with Gasteiger partial charge in [0.2, 0.25) is 5.91 Å². The lowest BCUT2D eigenvalue weighted by molar-refractivity contribution is -0.130. The molecule has 2 heterocycles. The van der Waals surface area contributed by atoms with E-state index in [0.717, 1.165) is 16.6 Å². The first kappa shape index (κ1) is 19.6. The highest BCUT2D eigenvalue weighted by molar-refractivity contribution is 6.05. The number of aromatic nitrogens is 2. The molecule has 8 heteroatoms. The first-order valence-corrected chi connectivity index (χ1v) is 9.94. The van der Waals surface area contributed by atoms with Gasteiger partial charge in [0.05, 0.1) is 23.8 Å². The molecule has 1 aliphatic rings. The number of rotatable bonds is 8. The average Bonchev–Trinajstić information content (AvgIpc) is 3.28. The van der Waals surface area contributed by atoms with Crippen LogP contribution in [0.5, 0.6) is 0 Å². The van der Waals surface area contributed by atoms with E-state index < -0.39 is 12.1 Å². The van der Waals surface area contributed by atoms with Crippen LogP contribution in [0.3, 0.4) is 0 Å². The maximum atomic E-state index is 12.5. The summed E-state index contributed by atoms with van der Waals surface area (Å²) in [6, 6.07) is 16.2. The summed E-state index contributed by atoms with van der Waals surface area (Å²) in [5.74, 6) is -0.630. The zero-order valence-electron chi connectivity index (χ0n) is 16.5. The Morgan fingerprint density at radius 3 is 2.63 bits per heavy atom. The van der Waals surface area contributed by atoms with Crippen molar-refractivity contribution in [3.63, 3.8) is 0 Å². The third kappa shape index (κ3) is 4.32. The molecule has 1 fully saturated rings. The number of imidazole rings is 1. The average molecular weight is 405 g/mol. The van der Waals surface area contributed by atoms with Gasteiger partial charge in [0, 0.05) is 19.6 Å². The molecular weight excluding hydrogens is 382 g/mol. The van der Waals surface area contributed by atoms with Crippen molar-refractivity contribution < 1.29 is 14.4 Å². The summed E-state index contributed by atoms with van der Waals surface area (Å²) in [6.45, 7) is 1.27. The van der Waals surface area contributed by atoms with Crippen molar-refractivity contribution in [1.29, 1.82) is 0 Å². The van der Waals surface area contributed by atoms with Crippen LogP contribution in [-0.2, 0) is 22.6 Å². The van der Waals surface area contributed by atoms with Gasteiger partial charge >= 0.3 is 6.03 Å². The van der Waals surface area contributed by atoms with Gasteiger partial charge in [0.25, 0.3) is 5.91 Å². The second kappa shape index (κ2) is 8.77. The number of benzene rings is 2. The van der Waals surface area contributed by atoms with E-state index >= 15 is 0 Å². The molecule has 4 amide bonds. The van der Waals surface area contributed by atoms with E-state index in [2.05, 4.69) is 15.6 Å². The van der Waals surface area contributed by atoms with Gasteiger partial charge < -0.3 is 15.2 Å². The number of carbonyl (C=O) groups excluding carboxylic acids is 3. The number of imide groups is 1. The van der Waals surface area contributed by atoms with Gasteiger partial charge in [-0.25, -0.2) is 9.78 Å². The minimum Gasteiger partial charge on any atom is -0.354 e. The molecule has 8 nitrogen and oxygen atoms in total. The first-order valence-electron chi connectivity index (χ1n) is 9.94. The Morgan fingerprint density at radius 2 is 1.80 bits per heavy atom. The number of urea groups is 1. The van der Waals surface area contributed by atoms with E-state index in [1.807, 2.05) is 59.2 Å². The quantitative estimate of drug-likeness (QED) is 0.558. The molecular formula is C22H23N5O3. The van der Waals surface area contributed by atoms with Crippen LogP contribution < -0.4 is 10.6 Å². The molecule has 1 aromatic heterocycles. The van der Waals surface area contributed by atoms with Crippen molar-refractivity contribution in [2.24, 2.45) is 0 Å². The number of nitrogens with one attached hydrogen (secondary N) is 2. The molecule has 4 rings (SSSR count). The number of carbonyl (C=O) groups is 3. The van der Waals surface area contributed by atoms with E-state index in [9.17, 15) is 14.4 Å². The first-order chi connectivity index (χ1) is 14.6. The fourth-order valence-electron chi connectivity index (χ4n) is 3.57. The number of hydrogen-bond donors (Lipinski definition) is 2. The lowest BCUT2D eigenvalue weighted by Crippen LogP contribution is -2.37. The minimum absolute atomic E-state index is 0.0723. The Kier molecular flexibility index (Phi) is 5.74. The van der Waals surface area contributed by atoms with Crippen LogP contribution in [0.25, 0.3) is 11.0 Å². The normalized spacial score (nSPS) is 16.1. The number of nitrogens with zero attached hydrogens (tertiary/aromatic N) is 3. The van der Waals surface area contributed by atoms with Crippen LogP contribution in [0.4, 0.5) is 4.79 Å². The molecule has 2 aromatic carbocycles. The fraction of sp³-hybridized carbons (Fsp3) is 0.273. The second-order valence-corrected chi connectivity index (χ2v) is 7.21. The van der Waals surface area contributed by atoms with Gasteiger partial charge in [-0.05, 0) is 24.1 Å². The molecule has 0 unspecified atom stereocenters. The fourth-order valence-corrected chi connectivity index (χ4v) is 3.57. The molecule has 3 aromatic rings. The van der Waals surface area contributed by atoms with Crippen LogP contribution in [0, 0.1) is 0 Å². The molecule has 1 aliphatic heterocycles. The lowest BCUT2D eigenvalue weighted by atomic mass is 10.1. The van der Waals surface area contributed by atoms with Gasteiger partial charge in [-0.3, -0.25) is 14.5 Å². The molecule has 0 radical (unpaired) electrons. The van der Waals surface area contributed by atoms with Gasteiger partial charge in [0.15, 0.2) is 0 Å². The standard InChI is InChI=1S/C22H23N5O3/c28-20(23-11-13-26-15-24-17-8-4-5-9-19(17)26)14-18-21(29)27(22(30)25-18)12-10-16-6-2-1-3-7-16/h1-9,15,18H,10-14H2,(H,23,28)(H,25,30)/t18-/m0/s1. The van der Waals surface area contributed by atoms with Gasteiger partial charge in [-0.15, -0.1) is 0 Å². The maximum Gasteiger partial charge on any atom is 0.324 e. The van der Waals surface area contributed by atoms with E-state index in [1.165, 1.54) is 4.90 Å². The molecule has 30 heavy (non-hydrogen) atoms. The predicted molar refractivity (Wildman–Crippen MR) is 112 cm³/mol. The predicted octanol–water partition coefficient (Wildman–Crippen LogP) is 1.71. The summed E-state index contributed by atoms with van der Waals surface area (Å²) >= 11 is 0. The van der Waals surface area contributed by atoms with E-state index in [1.54, 1.807) is 6.33 Å². The van der Waals surface area contributed by atoms with Gasteiger partial charge in [-0.1, -0.05) is 42.5 Å². The maximum absolute atomic E-state index is 12.5. The number of hydrogen-bond acceptors (Lipinski definition) is 4. The van der Waals surface area contributed by atoms with Crippen LogP contribution >= 0.6 is 0 Å². The molecule has 0 spiro atoms. The van der Waals surface area contributed by atoms with Crippen molar-refractivity contribution in [3.8, 4) is 0 Å². The van der Waals surface area contributed by atoms with E-state index in [4.69, 9.17) is 0 Å². The van der Waals surface area contributed by atoms with Gasteiger partial charge in [-0.2, -0.15) is 0 Å². The third-order valence-corrected chi connectivity index (χ3v) is 5.17. The molecule has 0 saturated carbocycles. The highest BCUT2D eigenvalue weighted by Crippen LogP contribution is 2.12. The van der Waals surface area contributed by atoms with Crippen LogP contribution in [0.2, 0.25) is 0 Å². The summed E-state index contributed by atoms with van der Waals surface area (Å²) in [6.07, 6.45) is 2.25. The minimum atomic E-state index is -0.817. The number of fused-ring (bicyclic) bond motifs is 1. The Labute approximate surface area is 173 Å². The Bertz CT molecular complexity index is 1060. The van der Waals surface area contributed by atoms with Crippen molar-refractivity contribution in [3.05, 3.63) is 66.5 Å². The van der Waals surface area contributed by atoms with Crippen molar-refractivity contribution >= 4 is 28.9 Å². The Balaban J connectivity index is 1.25. The summed E-state index contributed by atoms with van der Waals surface area (Å²) < 4.78 is 1.96. The molecule has 154 valence electrons. The summed E-state index contributed by atoms with van der Waals surface area (Å²) in [5.41, 5.74) is 2.95. The molecule has 0 bridgehead atoms. The van der Waals surface area contributed by atoms with Crippen LogP contribution in [0.15, 0.2) is 60.9 Å². The smallest absolute Gasteiger partial charge is 0.324 e. The largest absolute Gasteiger partial charge is 0.354 e. The summed E-state index contributed by atoms with van der Waals surface area (Å²) in [7, 11) is 0. The van der Waals surface area contributed by atoms with Crippen molar-refractivity contribution in [1.82, 2.24) is 25.1 Å². The zero-order chi connectivity index (χ0) is 20.9. The third-order valence-electron chi connectivity index (χ3n) is 5.17. The van der Waals surface area contributed by atoms with Crippen molar-refractivity contribution in [2.45, 2.75) is 25.4 Å².